The Morgan fingerprint density at radius 1 is 1.27 bits per heavy atom. The SMILES string of the molecule is CCC(C)Nc1cc(C)c(CI)c(C)c1. The van der Waals surface area contributed by atoms with E-state index in [9.17, 15) is 0 Å². The number of halogens is 1. The summed E-state index contributed by atoms with van der Waals surface area (Å²) in [7, 11) is 0. The Morgan fingerprint density at radius 3 is 2.20 bits per heavy atom. The number of nitrogens with one attached hydrogen (secondary N) is 1. The minimum Gasteiger partial charge on any atom is -0.383 e. The van der Waals surface area contributed by atoms with Crippen molar-refractivity contribution in [2.45, 2.75) is 44.6 Å². The summed E-state index contributed by atoms with van der Waals surface area (Å²) in [6, 6.07) is 5.06. The smallest absolute Gasteiger partial charge is 0.0347 e. The van der Waals surface area contributed by atoms with Crippen LogP contribution in [0, 0.1) is 13.8 Å². The van der Waals surface area contributed by atoms with Crippen molar-refractivity contribution < 1.29 is 0 Å². The second-order valence-corrected chi connectivity index (χ2v) is 4.94. The zero-order valence-electron chi connectivity index (χ0n) is 10.0. The lowest BCUT2D eigenvalue weighted by Gasteiger charge is -2.16. The molecule has 0 spiro atoms. The van der Waals surface area contributed by atoms with E-state index in [0.717, 1.165) is 10.8 Å². The Hall–Kier alpha value is -0.250. The van der Waals surface area contributed by atoms with Crippen molar-refractivity contribution in [2.24, 2.45) is 0 Å². The van der Waals surface area contributed by atoms with Crippen LogP contribution in [0.3, 0.4) is 0 Å². The number of hydrogen-bond acceptors (Lipinski definition) is 1. The monoisotopic (exact) mass is 317 g/mol. The number of aryl methyl sites for hydroxylation is 2. The van der Waals surface area contributed by atoms with Gasteiger partial charge in [0.1, 0.15) is 0 Å². The number of alkyl halides is 1. The van der Waals surface area contributed by atoms with E-state index in [0.29, 0.717) is 6.04 Å². The van der Waals surface area contributed by atoms with Crippen molar-refractivity contribution >= 4 is 28.3 Å². The van der Waals surface area contributed by atoms with Crippen molar-refractivity contribution in [3.05, 3.63) is 28.8 Å². The number of anilines is 1. The normalized spacial score (nSPS) is 12.6. The second-order valence-electron chi connectivity index (χ2n) is 4.18. The quantitative estimate of drug-likeness (QED) is 0.639. The van der Waals surface area contributed by atoms with Crippen LogP contribution in [0.15, 0.2) is 12.1 Å². The van der Waals surface area contributed by atoms with Crippen LogP contribution < -0.4 is 5.32 Å². The molecule has 1 unspecified atom stereocenters. The molecule has 0 saturated carbocycles. The van der Waals surface area contributed by atoms with Gasteiger partial charge in [-0.2, -0.15) is 0 Å². The average molecular weight is 317 g/mol. The Bertz CT molecular complexity index is 310. The van der Waals surface area contributed by atoms with Crippen LogP contribution in [0.1, 0.15) is 37.0 Å². The fraction of sp³-hybridized carbons (Fsp3) is 0.538. The molecule has 0 aliphatic heterocycles. The van der Waals surface area contributed by atoms with E-state index in [1.807, 2.05) is 0 Å². The lowest BCUT2D eigenvalue weighted by Crippen LogP contribution is -2.13. The molecule has 1 nitrogen and oxygen atoms in total. The second kappa shape index (κ2) is 5.73. The summed E-state index contributed by atoms with van der Waals surface area (Å²) in [5.41, 5.74) is 5.53. The summed E-state index contributed by atoms with van der Waals surface area (Å²) >= 11 is 2.43. The first-order chi connectivity index (χ1) is 7.08. The molecule has 0 aromatic heterocycles. The Kier molecular flexibility index (Phi) is 4.90. The molecule has 0 radical (unpaired) electrons. The summed E-state index contributed by atoms with van der Waals surface area (Å²) in [5, 5.41) is 3.52. The zero-order chi connectivity index (χ0) is 11.4. The summed E-state index contributed by atoms with van der Waals surface area (Å²) in [4.78, 5) is 0. The maximum Gasteiger partial charge on any atom is 0.0347 e. The van der Waals surface area contributed by atoms with Gasteiger partial charge < -0.3 is 5.32 Å². The van der Waals surface area contributed by atoms with Gasteiger partial charge in [-0.05, 0) is 56.0 Å². The molecule has 15 heavy (non-hydrogen) atoms. The molecule has 0 aliphatic carbocycles. The predicted molar refractivity (Wildman–Crippen MR) is 77.0 cm³/mol. The molecule has 84 valence electrons. The van der Waals surface area contributed by atoms with Crippen molar-refractivity contribution in [2.75, 3.05) is 5.32 Å². The highest BCUT2D eigenvalue weighted by molar-refractivity contribution is 14.1. The van der Waals surface area contributed by atoms with Crippen molar-refractivity contribution in [1.82, 2.24) is 0 Å². The fourth-order valence-corrected chi connectivity index (χ4v) is 2.88. The van der Waals surface area contributed by atoms with Crippen LogP contribution in [0.4, 0.5) is 5.69 Å². The molecule has 0 amide bonds. The van der Waals surface area contributed by atoms with Crippen LogP contribution in [0.25, 0.3) is 0 Å². The summed E-state index contributed by atoms with van der Waals surface area (Å²) in [5.74, 6) is 0. The third-order valence-corrected chi connectivity index (χ3v) is 3.62. The molecule has 0 bridgehead atoms. The highest BCUT2D eigenvalue weighted by Gasteiger charge is 2.05. The molecule has 0 aliphatic rings. The van der Waals surface area contributed by atoms with Gasteiger partial charge in [-0.25, -0.2) is 0 Å². The van der Waals surface area contributed by atoms with Gasteiger partial charge in [0.25, 0.3) is 0 Å². The number of benzene rings is 1. The van der Waals surface area contributed by atoms with Crippen molar-refractivity contribution in [1.29, 1.82) is 0 Å². The summed E-state index contributed by atoms with van der Waals surface area (Å²) in [6.07, 6.45) is 1.16. The lowest BCUT2D eigenvalue weighted by atomic mass is 10.0. The van der Waals surface area contributed by atoms with Gasteiger partial charge in [-0.15, -0.1) is 0 Å². The van der Waals surface area contributed by atoms with Crippen LogP contribution in [-0.4, -0.2) is 6.04 Å². The molecule has 0 saturated heterocycles. The highest BCUT2D eigenvalue weighted by Crippen LogP contribution is 2.23. The van der Waals surface area contributed by atoms with Gasteiger partial charge in [-0.1, -0.05) is 29.5 Å². The number of hydrogen-bond donors (Lipinski definition) is 1. The van der Waals surface area contributed by atoms with E-state index in [1.165, 1.54) is 22.4 Å². The number of rotatable bonds is 4. The van der Waals surface area contributed by atoms with E-state index >= 15 is 0 Å². The molecular formula is C13H20IN. The molecule has 1 aromatic rings. The maximum absolute atomic E-state index is 3.52. The molecule has 1 atom stereocenters. The Morgan fingerprint density at radius 2 is 1.80 bits per heavy atom. The molecule has 1 aromatic carbocycles. The standard InChI is InChI=1S/C13H20IN/c1-5-11(4)15-12-6-9(2)13(8-14)10(3)7-12/h6-7,11,15H,5,8H2,1-4H3. The minimum atomic E-state index is 0.550. The molecule has 1 rings (SSSR count). The molecular weight excluding hydrogens is 297 g/mol. The van der Waals surface area contributed by atoms with E-state index in [4.69, 9.17) is 0 Å². The largest absolute Gasteiger partial charge is 0.383 e. The minimum absolute atomic E-state index is 0.550. The summed E-state index contributed by atoms with van der Waals surface area (Å²) < 4.78 is 1.10. The van der Waals surface area contributed by atoms with Gasteiger partial charge in [0, 0.05) is 16.2 Å². The highest BCUT2D eigenvalue weighted by atomic mass is 127. The van der Waals surface area contributed by atoms with Crippen molar-refractivity contribution in [3.63, 3.8) is 0 Å². The van der Waals surface area contributed by atoms with Crippen LogP contribution in [-0.2, 0) is 4.43 Å². The molecule has 0 fully saturated rings. The first kappa shape index (κ1) is 12.8. The van der Waals surface area contributed by atoms with Gasteiger partial charge in [0.2, 0.25) is 0 Å². The topological polar surface area (TPSA) is 12.0 Å². The molecule has 1 N–H and O–H groups in total. The van der Waals surface area contributed by atoms with Gasteiger partial charge in [0.15, 0.2) is 0 Å². The van der Waals surface area contributed by atoms with E-state index < -0.39 is 0 Å². The van der Waals surface area contributed by atoms with E-state index in [1.54, 1.807) is 0 Å². The first-order valence-corrected chi connectivity index (χ1v) is 7.03. The lowest BCUT2D eigenvalue weighted by molar-refractivity contribution is 0.764. The van der Waals surface area contributed by atoms with Crippen LogP contribution in [0.5, 0.6) is 0 Å². The van der Waals surface area contributed by atoms with Crippen molar-refractivity contribution in [3.8, 4) is 0 Å². The molecule has 0 heterocycles. The fourth-order valence-electron chi connectivity index (χ4n) is 1.67. The Balaban J connectivity index is 2.93. The van der Waals surface area contributed by atoms with Gasteiger partial charge in [0.05, 0.1) is 0 Å². The first-order valence-electron chi connectivity index (χ1n) is 5.51. The summed E-state index contributed by atoms with van der Waals surface area (Å²) in [6.45, 7) is 8.82. The van der Waals surface area contributed by atoms with E-state index in [2.05, 4.69) is 67.7 Å². The average Bonchev–Trinajstić information content (AvgIpc) is 2.17. The van der Waals surface area contributed by atoms with E-state index in [-0.39, 0.29) is 0 Å². The molecule has 2 heteroatoms. The zero-order valence-corrected chi connectivity index (χ0v) is 12.2. The third kappa shape index (κ3) is 3.37. The van der Waals surface area contributed by atoms with Gasteiger partial charge >= 0.3 is 0 Å². The maximum atomic E-state index is 3.52. The van der Waals surface area contributed by atoms with Gasteiger partial charge in [-0.3, -0.25) is 0 Å². The predicted octanol–water partition coefficient (Wildman–Crippen LogP) is 4.45. The third-order valence-electron chi connectivity index (χ3n) is 2.86. The van der Waals surface area contributed by atoms with Crippen LogP contribution >= 0.6 is 22.6 Å². The van der Waals surface area contributed by atoms with Crippen LogP contribution in [0.2, 0.25) is 0 Å². The Labute approximate surface area is 107 Å².